The van der Waals surface area contributed by atoms with Crippen LogP contribution in [0.5, 0.6) is 11.5 Å². The number of nitro benzene ring substituents is 1. The van der Waals surface area contributed by atoms with Crippen LogP contribution in [-0.2, 0) is 16.2 Å². The first kappa shape index (κ1) is 27.6. The van der Waals surface area contributed by atoms with Gasteiger partial charge in [-0.25, -0.2) is 15.1 Å². The number of anilines is 1. The first-order valence-corrected chi connectivity index (χ1v) is 13.3. The number of H-pyrrole nitrogens is 1. The van der Waals surface area contributed by atoms with Crippen LogP contribution in [0.2, 0.25) is 0 Å². The molecule has 2 unspecified atom stereocenters. The molecule has 2 atom stereocenters. The molecule has 3 N–H and O–H groups in total. The van der Waals surface area contributed by atoms with E-state index in [1.807, 2.05) is 44.2 Å². The number of aromatic amines is 1. The molecule has 3 aromatic rings. The number of ketones is 1. The fourth-order valence-corrected chi connectivity index (χ4v) is 5.50. The van der Waals surface area contributed by atoms with Gasteiger partial charge in [-0.05, 0) is 56.2 Å². The highest BCUT2D eigenvalue weighted by atomic mass is 16.6. The van der Waals surface area contributed by atoms with Crippen molar-refractivity contribution in [2.24, 2.45) is 5.92 Å². The first-order valence-electron chi connectivity index (χ1n) is 13.3. The van der Waals surface area contributed by atoms with Crippen molar-refractivity contribution in [2.45, 2.75) is 39.2 Å². The van der Waals surface area contributed by atoms with E-state index < -0.39 is 16.8 Å². The van der Waals surface area contributed by atoms with Crippen LogP contribution < -0.4 is 25.1 Å². The van der Waals surface area contributed by atoms with E-state index in [0.29, 0.717) is 41.2 Å². The molecule has 10 nitrogen and oxygen atoms in total. The molecule has 1 aliphatic carbocycles. The third-order valence-electron chi connectivity index (χ3n) is 7.47. The van der Waals surface area contributed by atoms with Crippen molar-refractivity contribution in [1.29, 1.82) is 0 Å². The number of hydrogen-bond donors (Lipinski definition) is 2. The molecule has 0 radical (unpaired) electrons. The number of Topliss-reactive ketones (excluding diaryl/α,β-unsaturated/α-hetero) is 1. The molecule has 1 aromatic heterocycles. The standard InChI is InChI=1S/C31H30N4O6/c1-18-8-7-15-32-30(18)34-31(37)27-19(2)33-22-9-6-11-24(36)29(22)28(27)20-13-14-25(40-3)21(16-20)17-41-26-12-5-4-10-23(26)35(38)39/h4-5,7-10,12-16,28-29,33H,6,11,17H2,1-3H3,(H,32,34,37)/p+1. The van der Waals surface area contributed by atoms with Gasteiger partial charge in [-0.15, -0.1) is 0 Å². The third-order valence-corrected chi connectivity index (χ3v) is 7.47. The normalized spacial score (nSPS) is 18.1. The highest BCUT2D eigenvalue weighted by molar-refractivity contribution is 6.06. The van der Waals surface area contributed by atoms with Gasteiger partial charge in [0.25, 0.3) is 5.82 Å². The number of benzene rings is 2. The maximum atomic E-state index is 13.8. The number of carbonyl (C=O) groups is 2. The topological polar surface area (TPSA) is 134 Å². The summed E-state index contributed by atoms with van der Waals surface area (Å²) in [5.74, 6) is -0.189. The number of amides is 1. The zero-order valence-corrected chi connectivity index (χ0v) is 23.0. The zero-order valence-electron chi connectivity index (χ0n) is 23.0. The summed E-state index contributed by atoms with van der Waals surface area (Å²) in [4.78, 5) is 41.3. The second kappa shape index (κ2) is 11.6. The number of hydrogen-bond acceptors (Lipinski definition) is 7. The van der Waals surface area contributed by atoms with E-state index in [0.717, 1.165) is 16.8 Å². The van der Waals surface area contributed by atoms with Crippen LogP contribution in [0.1, 0.15) is 42.4 Å². The Morgan fingerprint density at radius 3 is 2.68 bits per heavy atom. The monoisotopic (exact) mass is 555 g/mol. The van der Waals surface area contributed by atoms with Crippen LogP contribution in [0.3, 0.4) is 0 Å². The van der Waals surface area contributed by atoms with Gasteiger partial charge < -0.3 is 14.8 Å². The van der Waals surface area contributed by atoms with Crippen LogP contribution in [0.25, 0.3) is 0 Å². The molecular weight excluding hydrogens is 524 g/mol. The lowest BCUT2D eigenvalue weighted by Crippen LogP contribution is -2.41. The van der Waals surface area contributed by atoms with Gasteiger partial charge in [-0.2, -0.15) is 0 Å². The van der Waals surface area contributed by atoms with Gasteiger partial charge in [0.1, 0.15) is 18.1 Å². The second-order valence-electron chi connectivity index (χ2n) is 10.1. The van der Waals surface area contributed by atoms with Gasteiger partial charge >= 0.3 is 11.6 Å². The third kappa shape index (κ3) is 5.54. The lowest BCUT2D eigenvalue weighted by atomic mass is 9.70. The highest BCUT2D eigenvalue weighted by Crippen LogP contribution is 2.44. The Labute approximate surface area is 237 Å². The molecule has 2 aromatic carbocycles. The average Bonchev–Trinajstić information content (AvgIpc) is 2.96. The molecule has 0 saturated carbocycles. The molecule has 0 fully saturated rings. The fraction of sp³-hybridized carbons (Fsp3) is 0.258. The fourth-order valence-electron chi connectivity index (χ4n) is 5.50. The molecule has 1 aliphatic heterocycles. The molecule has 0 spiro atoms. The number of ether oxygens (including phenoxy) is 2. The number of nitrogens with zero attached hydrogens (tertiary/aromatic N) is 1. The number of carbonyl (C=O) groups excluding carboxylic acids is 2. The maximum Gasteiger partial charge on any atom is 0.337 e. The Morgan fingerprint density at radius 1 is 1.12 bits per heavy atom. The van der Waals surface area contributed by atoms with Crippen molar-refractivity contribution in [3.63, 3.8) is 0 Å². The molecule has 1 amide bonds. The number of nitro groups is 1. The van der Waals surface area contributed by atoms with Crippen molar-refractivity contribution < 1.29 is 29.0 Å². The van der Waals surface area contributed by atoms with Crippen molar-refractivity contribution >= 4 is 23.2 Å². The number of para-hydroxylation sites is 2. The number of fused-ring (bicyclic) bond motifs is 1. The van der Waals surface area contributed by atoms with E-state index in [-0.39, 0.29) is 29.7 Å². The molecule has 210 valence electrons. The van der Waals surface area contributed by atoms with E-state index in [1.54, 1.807) is 24.4 Å². The summed E-state index contributed by atoms with van der Waals surface area (Å²) in [6, 6.07) is 15.4. The average molecular weight is 556 g/mol. The maximum absolute atomic E-state index is 13.8. The Hall–Kier alpha value is -4.99. The predicted octanol–water partition coefficient (Wildman–Crippen LogP) is 4.77. The number of nitrogens with one attached hydrogen (secondary N) is 3. The molecule has 0 saturated heterocycles. The molecule has 0 bridgehead atoms. The zero-order chi connectivity index (χ0) is 29.1. The van der Waals surface area contributed by atoms with Crippen molar-refractivity contribution in [3.8, 4) is 11.5 Å². The van der Waals surface area contributed by atoms with Gasteiger partial charge in [0.2, 0.25) is 0 Å². The molecule has 5 rings (SSSR count). The summed E-state index contributed by atoms with van der Waals surface area (Å²) in [5, 5.41) is 17.8. The number of rotatable bonds is 8. The van der Waals surface area contributed by atoms with Gasteiger partial charge in [0, 0.05) is 40.9 Å². The van der Waals surface area contributed by atoms with Crippen LogP contribution in [0.4, 0.5) is 11.5 Å². The van der Waals surface area contributed by atoms with E-state index in [9.17, 15) is 19.7 Å². The van der Waals surface area contributed by atoms with E-state index in [4.69, 9.17) is 9.47 Å². The summed E-state index contributed by atoms with van der Waals surface area (Å²) in [6.07, 6.45) is 4.78. The Kier molecular flexibility index (Phi) is 7.82. The summed E-state index contributed by atoms with van der Waals surface area (Å²) < 4.78 is 11.4. The van der Waals surface area contributed by atoms with Gasteiger partial charge in [0.15, 0.2) is 5.75 Å². The van der Waals surface area contributed by atoms with E-state index >= 15 is 0 Å². The number of allylic oxidation sites excluding steroid dienone is 3. The summed E-state index contributed by atoms with van der Waals surface area (Å²) in [5.41, 5.74) is 3.98. The van der Waals surface area contributed by atoms with Gasteiger partial charge in [-0.3, -0.25) is 14.9 Å². The number of methoxy groups -OCH3 is 1. The van der Waals surface area contributed by atoms with Gasteiger partial charge in [0.05, 0.1) is 29.7 Å². The minimum atomic E-state index is -0.574. The molecular formula is C31H31N4O6+. The van der Waals surface area contributed by atoms with E-state index in [2.05, 4.69) is 15.6 Å². The lowest BCUT2D eigenvalue weighted by molar-refractivity contribution is -0.385. The van der Waals surface area contributed by atoms with Crippen LogP contribution >= 0.6 is 0 Å². The van der Waals surface area contributed by atoms with Crippen LogP contribution in [0.15, 0.2) is 83.8 Å². The second-order valence-corrected chi connectivity index (χ2v) is 10.1. The van der Waals surface area contributed by atoms with Crippen molar-refractivity contribution in [3.05, 3.63) is 111 Å². The Bertz CT molecular complexity index is 1590. The van der Waals surface area contributed by atoms with Crippen LogP contribution in [-0.4, -0.2) is 23.7 Å². The lowest BCUT2D eigenvalue weighted by Gasteiger charge is -2.37. The highest BCUT2D eigenvalue weighted by Gasteiger charge is 2.44. The summed E-state index contributed by atoms with van der Waals surface area (Å²) >= 11 is 0. The summed E-state index contributed by atoms with van der Waals surface area (Å²) in [7, 11) is 1.53. The van der Waals surface area contributed by atoms with Crippen LogP contribution in [0, 0.1) is 23.0 Å². The Morgan fingerprint density at radius 2 is 1.93 bits per heavy atom. The number of aromatic nitrogens is 1. The Balaban J connectivity index is 1.55. The van der Waals surface area contributed by atoms with Gasteiger partial charge in [-0.1, -0.05) is 24.3 Å². The predicted molar refractivity (Wildman–Crippen MR) is 151 cm³/mol. The SMILES string of the molecule is COc1ccc(C2C(C(=O)Nc3[nH+]cccc3C)=C(C)NC3=CCCC(=O)C32)cc1COc1ccccc1[N+](=O)[O-]. The number of pyridine rings is 1. The van der Waals surface area contributed by atoms with Crippen molar-refractivity contribution in [2.75, 3.05) is 12.4 Å². The van der Waals surface area contributed by atoms with Crippen molar-refractivity contribution in [1.82, 2.24) is 5.32 Å². The molecule has 10 heteroatoms. The molecule has 2 aliphatic rings. The minimum absolute atomic E-state index is 0.0173. The smallest absolute Gasteiger partial charge is 0.337 e. The summed E-state index contributed by atoms with van der Waals surface area (Å²) in [6.45, 7) is 3.71. The van der Waals surface area contributed by atoms with E-state index in [1.165, 1.54) is 19.2 Å². The molecule has 41 heavy (non-hydrogen) atoms. The molecule has 2 heterocycles. The number of aryl methyl sites for hydroxylation is 1. The minimum Gasteiger partial charge on any atom is -0.496 e. The first-order chi connectivity index (χ1) is 19.8. The quantitative estimate of drug-likeness (QED) is 0.302. The largest absolute Gasteiger partial charge is 0.496 e.